The molecular weight excluding hydrogens is 302 g/mol. The van der Waals surface area contributed by atoms with Crippen LogP contribution >= 0.6 is 0 Å². The van der Waals surface area contributed by atoms with E-state index < -0.39 is 17.9 Å². The average Bonchev–Trinajstić information content (AvgIpc) is 2.90. The molecule has 0 saturated carbocycles. The van der Waals surface area contributed by atoms with Crippen molar-refractivity contribution in [2.75, 3.05) is 0 Å². The van der Waals surface area contributed by atoms with E-state index >= 15 is 0 Å². The normalized spacial score (nSPS) is 13.5. The van der Waals surface area contributed by atoms with Crippen molar-refractivity contribution >= 4 is 11.8 Å². The lowest BCUT2D eigenvalue weighted by atomic mass is 9.97. The number of imide groups is 1. The molecule has 24 heavy (non-hydrogen) atoms. The van der Waals surface area contributed by atoms with Gasteiger partial charge in [-0.1, -0.05) is 60.7 Å². The molecule has 0 bridgehead atoms. The Morgan fingerprint density at radius 3 is 1.50 bits per heavy atom. The number of carbonyl (C=O) groups is 2. The standard InChI is InChI=1S/C19H13N3O2/c23-18-15-16(21-12-11-20-15)19(24)22(18)17(13-7-3-1-4-8-13)14-9-5-2-6-10-14/h1-12,17H. The molecule has 1 aliphatic heterocycles. The SMILES string of the molecule is O=C1c2nccnc2C(=O)N1C(c1ccccc1)c1ccccc1. The predicted octanol–water partition coefficient (Wildman–Crippen LogP) is 2.86. The number of carbonyl (C=O) groups excluding carboxylic acids is 2. The van der Waals surface area contributed by atoms with Gasteiger partial charge in [0.1, 0.15) is 0 Å². The van der Waals surface area contributed by atoms with Gasteiger partial charge in [0.25, 0.3) is 11.8 Å². The molecule has 0 unspecified atom stereocenters. The molecule has 0 fully saturated rings. The fourth-order valence-electron chi connectivity index (χ4n) is 2.97. The summed E-state index contributed by atoms with van der Waals surface area (Å²) in [6.45, 7) is 0. The van der Waals surface area contributed by atoms with Crippen molar-refractivity contribution in [1.82, 2.24) is 14.9 Å². The Bertz CT molecular complexity index is 836. The van der Waals surface area contributed by atoms with Crippen LogP contribution in [0, 0.1) is 0 Å². The number of aromatic nitrogens is 2. The van der Waals surface area contributed by atoms with Gasteiger partial charge in [-0.15, -0.1) is 0 Å². The van der Waals surface area contributed by atoms with Gasteiger partial charge in [-0.3, -0.25) is 14.5 Å². The molecule has 0 atom stereocenters. The number of nitrogens with zero attached hydrogens (tertiary/aromatic N) is 3. The molecule has 2 amide bonds. The topological polar surface area (TPSA) is 63.2 Å². The average molecular weight is 315 g/mol. The van der Waals surface area contributed by atoms with E-state index in [0.29, 0.717) is 0 Å². The summed E-state index contributed by atoms with van der Waals surface area (Å²) in [7, 11) is 0. The van der Waals surface area contributed by atoms with Crippen LogP contribution in [0.3, 0.4) is 0 Å². The van der Waals surface area contributed by atoms with Crippen LogP contribution in [0.1, 0.15) is 38.1 Å². The molecule has 4 rings (SSSR count). The predicted molar refractivity (Wildman–Crippen MR) is 87.3 cm³/mol. The first-order chi connectivity index (χ1) is 11.8. The molecule has 1 aromatic heterocycles. The van der Waals surface area contributed by atoms with Crippen LogP contribution in [0.5, 0.6) is 0 Å². The van der Waals surface area contributed by atoms with E-state index in [0.717, 1.165) is 11.1 Å². The highest BCUT2D eigenvalue weighted by molar-refractivity contribution is 6.19. The lowest BCUT2D eigenvalue weighted by molar-refractivity contribution is 0.0605. The Morgan fingerprint density at radius 1 is 0.667 bits per heavy atom. The van der Waals surface area contributed by atoms with Gasteiger partial charge >= 0.3 is 0 Å². The molecule has 2 aromatic carbocycles. The molecule has 0 radical (unpaired) electrons. The second-order valence-corrected chi connectivity index (χ2v) is 5.46. The van der Waals surface area contributed by atoms with Crippen molar-refractivity contribution in [2.45, 2.75) is 6.04 Å². The Balaban J connectivity index is 1.87. The van der Waals surface area contributed by atoms with Crippen molar-refractivity contribution in [3.63, 3.8) is 0 Å². The minimum atomic E-state index is -0.511. The van der Waals surface area contributed by atoms with Crippen LogP contribution in [0.4, 0.5) is 0 Å². The summed E-state index contributed by atoms with van der Waals surface area (Å²) < 4.78 is 0. The summed E-state index contributed by atoms with van der Waals surface area (Å²) >= 11 is 0. The van der Waals surface area contributed by atoms with Crippen LogP contribution in [0.15, 0.2) is 73.1 Å². The first kappa shape index (κ1) is 14.3. The summed E-state index contributed by atoms with van der Waals surface area (Å²) in [6, 6.07) is 18.5. The highest BCUT2D eigenvalue weighted by Gasteiger charge is 2.43. The highest BCUT2D eigenvalue weighted by Crippen LogP contribution is 2.34. The molecule has 116 valence electrons. The van der Waals surface area contributed by atoms with Crippen molar-refractivity contribution in [3.8, 4) is 0 Å². The first-order valence-corrected chi connectivity index (χ1v) is 7.56. The minimum absolute atomic E-state index is 0.111. The number of rotatable bonds is 3. The molecule has 0 spiro atoms. The summed E-state index contributed by atoms with van der Waals surface area (Å²) in [5.74, 6) is -0.832. The van der Waals surface area contributed by atoms with Gasteiger partial charge in [-0.2, -0.15) is 0 Å². The number of benzene rings is 2. The van der Waals surface area contributed by atoms with Crippen molar-refractivity contribution in [2.24, 2.45) is 0 Å². The van der Waals surface area contributed by atoms with E-state index in [-0.39, 0.29) is 11.4 Å². The van der Waals surface area contributed by atoms with E-state index in [9.17, 15) is 9.59 Å². The van der Waals surface area contributed by atoms with Gasteiger partial charge in [0.05, 0.1) is 6.04 Å². The molecule has 0 aliphatic carbocycles. The molecule has 3 aromatic rings. The van der Waals surface area contributed by atoms with Crippen LogP contribution in [0.2, 0.25) is 0 Å². The maximum atomic E-state index is 12.8. The highest BCUT2D eigenvalue weighted by atomic mass is 16.2. The van der Waals surface area contributed by atoms with E-state index in [1.807, 2.05) is 60.7 Å². The first-order valence-electron chi connectivity index (χ1n) is 7.56. The number of hydrogen-bond donors (Lipinski definition) is 0. The quantitative estimate of drug-likeness (QED) is 0.697. The van der Waals surface area contributed by atoms with Gasteiger partial charge in [-0.05, 0) is 11.1 Å². The van der Waals surface area contributed by atoms with Crippen LogP contribution in [-0.2, 0) is 0 Å². The lowest BCUT2D eigenvalue weighted by Gasteiger charge is -2.26. The largest absolute Gasteiger partial charge is 0.282 e. The van der Waals surface area contributed by atoms with Crippen molar-refractivity contribution in [1.29, 1.82) is 0 Å². The zero-order valence-electron chi connectivity index (χ0n) is 12.7. The minimum Gasteiger partial charge on any atom is -0.267 e. The molecule has 2 heterocycles. The second kappa shape index (κ2) is 5.70. The Kier molecular flexibility index (Phi) is 3.39. The number of fused-ring (bicyclic) bond motifs is 1. The van der Waals surface area contributed by atoms with Crippen LogP contribution in [0.25, 0.3) is 0 Å². The fourth-order valence-corrected chi connectivity index (χ4v) is 2.97. The monoisotopic (exact) mass is 315 g/mol. The Hall–Kier alpha value is -3.34. The molecule has 5 nitrogen and oxygen atoms in total. The molecular formula is C19H13N3O2. The van der Waals surface area contributed by atoms with Gasteiger partial charge < -0.3 is 0 Å². The molecule has 1 aliphatic rings. The maximum Gasteiger partial charge on any atom is 0.282 e. The third-order valence-electron chi connectivity index (χ3n) is 4.03. The van der Waals surface area contributed by atoms with Crippen molar-refractivity contribution in [3.05, 3.63) is 95.6 Å². The van der Waals surface area contributed by atoms with Crippen LogP contribution < -0.4 is 0 Å². The number of amides is 2. The molecule has 0 saturated heterocycles. The zero-order valence-corrected chi connectivity index (χ0v) is 12.7. The van der Waals surface area contributed by atoms with Crippen molar-refractivity contribution < 1.29 is 9.59 Å². The van der Waals surface area contributed by atoms with E-state index in [2.05, 4.69) is 9.97 Å². The Labute approximate surface area is 138 Å². The smallest absolute Gasteiger partial charge is 0.267 e. The van der Waals surface area contributed by atoms with Crippen LogP contribution in [-0.4, -0.2) is 26.7 Å². The summed E-state index contributed by atoms with van der Waals surface area (Å²) in [5.41, 5.74) is 1.94. The summed E-state index contributed by atoms with van der Waals surface area (Å²) in [4.78, 5) is 34.9. The van der Waals surface area contributed by atoms with E-state index in [1.165, 1.54) is 17.3 Å². The number of hydrogen-bond acceptors (Lipinski definition) is 4. The fraction of sp³-hybridized carbons (Fsp3) is 0.0526. The maximum absolute atomic E-state index is 12.8. The third kappa shape index (κ3) is 2.18. The van der Waals surface area contributed by atoms with Gasteiger partial charge in [0, 0.05) is 12.4 Å². The lowest BCUT2D eigenvalue weighted by Crippen LogP contribution is -2.35. The Morgan fingerprint density at radius 2 is 1.08 bits per heavy atom. The molecule has 5 heteroatoms. The summed E-state index contributed by atoms with van der Waals surface area (Å²) in [5, 5.41) is 0. The zero-order chi connectivity index (χ0) is 16.5. The summed E-state index contributed by atoms with van der Waals surface area (Å²) in [6.07, 6.45) is 2.85. The van der Waals surface area contributed by atoms with Gasteiger partial charge in [0.2, 0.25) is 0 Å². The third-order valence-corrected chi connectivity index (χ3v) is 4.03. The van der Waals surface area contributed by atoms with E-state index in [4.69, 9.17) is 0 Å². The van der Waals surface area contributed by atoms with Gasteiger partial charge in [0.15, 0.2) is 11.4 Å². The molecule has 0 N–H and O–H groups in total. The van der Waals surface area contributed by atoms with Gasteiger partial charge in [-0.25, -0.2) is 9.97 Å². The van der Waals surface area contributed by atoms with E-state index in [1.54, 1.807) is 0 Å². The second-order valence-electron chi connectivity index (χ2n) is 5.46.